The van der Waals surface area contributed by atoms with Crippen molar-refractivity contribution in [3.8, 4) is 0 Å². The molecule has 0 aliphatic carbocycles. The Bertz CT molecular complexity index is 343. The summed E-state index contributed by atoms with van der Waals surface area (Å²) >= 11 is 0. The fourth-order valence-corrected chi connectivity index (χ4v) is 0.613. The molecule has 6 nitrogen and oxygen atoms in total. The van der Waals surface area contributed by atoms with E-state index < -0.39 is 11.5 Å². The predicted octanol–water partition coefficient (Wildman–Crippen LogP) is -1.55. The number of aromatic nitrogens is 2. The van der Waals surface area contributed by atoms with Crippen molar-refractivity contribution in [1.82, 2.24) is 9.97 Å². The number of anilines is 1. The number of nitrogens with two attached hydrogens (primary N) is 2. The van der Waals surface area contributed by atoms with Gasteiger partial charge in [0.2, 0.25) is 0 Å². The van der Waals surface area contributed by atoms with Crippen molar-refractivity contribution in [1.29, 1.82) is 0 Å². The first-order valence-corrected chi connectivity index (χ1v) is 2.76. The fourth-order valence-electron chi connectivity index (χ4n) is 0.613. The summed E-state index contributed by atoms with van der Waals surface area (Å²) < 4.78 is 0. The van der Waals surface area contributed by atoms with Gasteiger partial charge in [-0.25, -0.2) is 4.98 Å². The Balaban J connectivity index is 3.31. The van der Waals surface area contributed by atoms with Crippen LogP contribution in [0.15, 0.2) is 11.0 Å². The van der Waals surface area contributed by atoms with Gasteiger partial charge < -0.3 is 16.5 Å². The predicted molar refractivity (Wildman–Crippen MR) is 37.8 cm³/mol. The number of nitrogen functional groups attached to an aromatic ring is 1. The Labute approximate surface area is 61.2 Å². The van der Waals surface area contributed by atoms with Gasteiger partial charge in [0.15, 0.2) is 5.69 Å². The molecule has 0 bridgehead atoms. The second kappa shape index (κ2) is 2.41. The molecule has 1 aromatic rings. The highest BCUT2D eigenvalue weighted by Gasteiger charge is 2.06. The highest BCUT2D eigenvalue weighted by Crippen LogP contribution is 1.97. The zero-order valence-electron chi connectivity index (χ0n) is 5.50. The molecule has 0 saturated carbocycles. The molecule has 5 N–H and O–H groups in total. The quantitative estimate of drug-likeness (QED) is 0.454. The van der Waals surface area contributed by atoms with Crippen molar-refractivity contribution in [3.63, 3.8) is 0 Å². The third kappa shape index (κ3) is 1.34. The monoisotopic (exact) mass is 154 g/mol. The van der Waals surface area contributed by atoms with E-state index in [0.717, 1.165) is 6.20 Å². The third-order valence-corrected chi connectivity index (χ3v) is 1.06. The summed E-state index contributed by atoms with van der Waals surface area (Å²) in [5.74, 6) is -0.872. The number of rotatable bonds is 1. The number of hydrogen-bond acceptors (Lipinski definition) is 4. The molecule has 58 valence electrons. The lowest BCUT2D eigenvalue weighted by Crippen LogP contribution is -2.20. The Morgan fingerprint density at radius 1 is 1.64 bits per heavy atom. The van der Waals surface area contributed by atoms with Crippen molar-refractivity contribution < 1.29 is 4.79 Å². The van der Waals surface area contributed by atoms with Gasteiger partial charge in [-0.05, 0) is 0 Å². The van der Waals surface area contributed by atoms with E-state index in [1.807, 2.05) is 0 Å². The van der Waals surface area contributed by atoms with Crippen LogP contribution >= 0.6 is 0 Å². The number of hydrogen-bond donors (Lipinski definition) is 3. The van der Waals surface area contributed by atoms with E-state index in [2.05, 4.69) is 9.97 Å². The molecule has 1 amide bonds. The molecule has 0 atom stereocenters. The number of primary amides is 1. The van der Waals surface area contributed by atoms with Crippen LogP contribution in [-0.4, -0.2) is 15.9 Å². The maximum Gasteiger partial charge on any atom is 0.271 e. The van der Waals surface area contributed by atoms with Gasteiger partial charge in [-0.3, -0.25) is 9.59 Å². The SMILES string of the molecule is NC(=O)c1ncc(=O)[nH]c1N. The third-order valence-electron chi connectivity index (χ3n) is 1.06. The van der Waals surface area contributed by atoms with Crippen molar-refractivity contribution in [2.45, 2.75) is 0 Å². The average molecular weight is 154 g/mol. The van der Waals surface area contributed by atoms with Crippen molar-refractivity contribution in [2.24, 2.45) is 5.73 Å². The van der Waals surface area contributed by atoms with Gasteiger partial charge >= 0.3 is 0 Å². The van der Waals surface area contributed by atoms with E-state index in [9.17, 15) is 9.59 Å². The molecule has 6 heteroatoms. The van der Waals surface area contributed by atoms with Gasteiger partial charge in [-0.15, -0.1) is 0 Å². The van der Waals surface area contributed by atoms with Crippen LogP contribution in [0.25, 0.3) is 0 Å². The van der Waals surface area contributed by atoms with E-state index in [-0.39, 0.29) is 11.5 Å². The van der Waals surface area contributed by atoms with Crippen LogP contribution in [0.4, 0.5) is 5.82 Å². The van der Waals surface area contributed by atoms with Crippen molar-refractivity contribution in [2.75, 3.05) is 5.73 Å². The Morgan fingerprint density at radius 2 is 2.27 bits per heavy atom. The van der Waals surface area contributed by atoms with Gasteiger partial charge in [-0.1, -0.05) is 0 Å². The lowest BCUT2D eigenvalue weighted by molar-refractivity contribution is 0.0996. The zero-order chi connectivity index (χ0) is 8.43. The summed E-state index contributed by atoms with van der Waals surface area (Å²) in [6.07, 6.45) is 0.941. The Hall–Kier alpha value is -1.85. The summed E-state index contributed by atoms with van der Waals surface area (Å²) in [7, 11) is 0. The minimum absolute atomic E-state index is 0.106. The molecule has 1 heterocycles. The smallest absolute Gasteiger partial charge is 0.271 e. The molecule has 0 saturated heterocycles. The van der Waals surface area contributed by atoms with Crippen LogP contribution in [0.2, 0.25) is 0 Å². The molecular weight excluding hydrogens is 148 g/mol. The molecule has 0 fully saturated rings. The first kappa shape index (κ1) is 7.26. The van der Waals surface area contributed by atoms with Crippen molar-refractivity contribution in [3.05, 3.63) is 22.2 Å². The molecule has 0 spiro atoms. The molecule has 0 aliphatic rings. The number of carbonyl (C=O) groups excluding carboxylic acids is 1. The molecule has 1 rings (SSSR count). The summed E-state index contributed by atoms with van der Waals surface area (Å²) in [6.45, 7) is 0. The van der Waals surface area contributed by atoms with Crippen LogP contribution in [0.1, 0.15) is 10.5 Å². The van der Waals surface area contributed by atoms with Crippen LogP contribution < -0.4 is 17.0 Å². The highest BCUT2D eigenvalue weighted by atomic mass is 16.1. The van der Waals surface area contributed by atoms with E-state index in [1.54, 1.807) is 0 Å². The zero-order valence-corrected chi connectivity index (χ0v) is 5.50. The lowest BCUT2D eigenvalue weighted by Gasteiger charge is -1.96. The van der Waals surface area contributed by atoms with E-state index in [4.69, 9.17) is 11.5 Å². The van der Waals surface area contributed by atoms with E-state index in [0.29, 0.717) is 0 Å². The Morgan fingerprint density at radius 3 is 2.73 bits per heavy atom. The molecule has 1 aromatic heterocycles. The molecule has 11 heavy (non-hydrogen) atoms. The molecule has 0 aromatic carbocycles. The second-order valence-electron chi connectivity index (χ2n) is 1.87. The summed E-state index contributed by atoms with van der Waals surface area (Å²) in [4.78, 5) is 26.6. The van der Waals surface area contributed by atoms with Crippen molar-refractivity contribution >= 4 is 11.7 Å². The van der Waals surface area contributed by atoms with Crippen LogP contribution in [0, 0.1) is 0 Å². The lowest BCUT2D eigenvalue weighted by atomic mass is 10.4. The second-order valence-corrected chi connectivity index (χ2v) is 1.87. The van der Waals surface area contributed by atoms with Crippen LogP contribution in [0.3, 0.4) is 0 Å². The maximum atomic E-state index is 10.5. The van der Waals surface area contributed by atoms with Gasteiger partial charge in [0.05, 0.1) is 6.20 Å². The standard InChI is InChI=1S/C5H6N4O2/c6-4-3(5(7)11)8-1-2(10)9-4/h1H,(H2,7,11)(H3,6,9,10). The minimum Gasteiger partial charge on any atom is -0.383 e. The number of H-pyrrole nitrogens is 1. The summed E-state index contributed by atoms with van der Waals surface area (Å²) in [6, 6.07) is 0. The number of aromatic amines is 1. The average Bonchev–Trinajstić information content (AvgIpc) is 1.85. The molecule has 0 aliphatic heterocycles. The summed E-state index contributed by atoms with van der Waals surface area (Å²) in [5, 5.41) is 0. The highest BCUT2D eigenvalue weighted by molar-refractivity contribution is 5.94. The molecule has 0 unspecified atom stereocenters. The summed E-state index contributed by atoms with van der Waals surface area (Å²) in [5.41, 5.74) is 9.48. The molecular formula is C5H6N4O2. The van der Waals surface area contributed by atoms with Gasteiger partial charge in [0.1, 0.15) is 5.82 Å². The van der Waals surface area contributed by atoms with Crippen LogP contribution in [-0.2, 0) is 0 Å². The largest absolute Gasteiger partial charge is 0.383 e. The number of nitrogens with zero attached hydrogens (tertiary/aromatic N) is 1. The van der Waals surface area contributed by atoms with Gasteiger partial charge in [0, 0.05) is 0 Å². The maximum absolute atomic E-state index is 10.5. The number of carbonyl (C=O) groups is 1. The molecule has 0 radical (unpaired) electrons. The normalized spacial score (nSPS) is 9.45. The topological polar surface area (TPSA) is 115 Å². The van der Waals surface area contributed by atoms with E-state index >= 15 is 0 Å². The number of nitrogens with one attached hydrogen (secondary N) is 1. The minimum atomic E-state index is -0.765. The van der Waals surface area contributed by atoms with E-state index in [1.165, 1.54) is 0 Å². The first-order valence-electron chi connectivity index (χ1n) is 2.76. The number of amides is 1. The first-order chi connectivity index (χ1) is 5.11. The Kier molecular flexibility index (Phi) is 1.59. The van der Waals surface area contributed by atoms with Crippen LogP contribution in [0.5, 0.6) is 0 Å². The fraction of sp³-hybridized carbons (Fsp3) is 0. The van der Waals surface area contributed by atoms with Gasteiger partial charge in [-0.2, -0.15) is 0 Å². The van der Waals surface area contributed by atoms with Gasteiger partial charge in [0.25, 0.3) is 11.5 Å².